The average molecular weight is 179 g/mol. The summed E-state index contributed by atoms with van der Waals surface area (Å²) >= 11 is 0. The second-order valence-electron chi connectivity index (χ2n) is 2.95. The maximum atomic E-state index is 10.7. The van der Waals surface area contributed by atoms with Gasteiger partial charge in [0.2, 0.25) is 0 Å². The van der Waals surface area contributed by atoms with Crippen molar-refractivity contribution >= 4 is 5.97 Å². The third-order valence-electron chi connectivity index (χ3n) is 2.08. The summed E-state index contributed by atoms with van der Waals surface area (Å²) in [4.78, 5) is 10.7. The van der Waals surface area contributed by atoms with Crippen LogP contribution in [0.2, 0.25) is 0 Å². The molecule has 0 spiro atoms. The number of hydrogen-bond donors (Lipinski definition) is 2. The van der Waals surface area contributed by atoms with E-state index < -0.39 is 5.97 Å². The lowest BCUT2D eigenvalue weighted by Crippen LogP contribution is -2.10. The highest BCUT2D eigenvalue weighted by Crippen LogP contribution is 2.33. The van der Waals surface area contributed by atoms with Crippen molar-refractivity contribution < 1.29 is 14.6 Å². The average Bonchev–Trinajstić information content (AvgIpc) is 2.48. The summed E-state index contributed by atoms with van der Waals surface area (Å²) in [6, 6.07) is 4.78. The predicted molar refractivity (Wildman–Crippen MR) is 45.8 cm³/mol. The Hall–Kier alpha value is -1.55. The topological polar surface area (TPSA) is 72.5 Å². The van der Waals surface area contributed by atoms with Crippen LogP contribution in [0.1, 0.15) is 22.0 Å². The maximum Gasteiger partial charge on any atom is 0.339 e. The third kappa shape index (κ3) is 1.15. The molecule has 0 aliphatic carbocycles. The van der Waals surface area contributed by atoms with Gasteiger partial charge in [-0.25, -0.2) is 4.79 Å². The van der Waals surface area contributed by atoms with Gasteiger partial charge in [-0.1, -0.05) is 12.1 Å². The molecule has 0 saturated heterocycles. The molecule has 1 heterocycles. The van der Waals surface area contributed by atoms with E-state index in [1.54, 1.807) is 12.1 Å². The van der Waals surface area contributed by atoms with E-state index in [2.05, 4.69) is 0 Å². The molecule has 0 amide bonds. The van der Waals surface area contributed by atoms with E-state index in [0.29, 0.717) is 12.4 Å². The molecule has 0 unspecified atom stereocenters. The fraction of sp³-hybridized carbons (Fsp3) is 0.222. The first-order chi connectivity index (χ1) is 6.20. The van der Waals surface area contributed by atoms with Crippen molar-refractivity contribution in [3.05, 3.63) is 29.3 Å². The number of para-hydroxylation sites is 1. The molecule has 0 saturated carbocycles. The van der Waals surface area contributed by atoms with Crippen LogP contribution in [0.15, 0.2) is 18.2 Å². The lowest BCUT2D eigenvalue weighted by Gasteiger charge is -2.02. The molecule has 2 rings (SSSR count). The molecule has 0 bridgehead atoms. The molecule has 68 valence electrons. The quantitative estimate of drug-likeness (QED) is 0.668. The van der Waals surface area contributed by atoms with Gasteiger partial charge in [-0.3, -0.25) is 0 Å². The standard InChI is InChI=1S/C9H9NO3/c10-7-4-13-8-5(7)2-1-3-6(8)9(11)12/h1-3,7H,4,10H2,(H,11,12)/t7-/m1/s1. The van der Waals surface area contributed by atoms with E-state index in [1.807, 2.05) is 0 Å². The summed E-state index contributed by atoms with van der Waals surface area (Å²) in [5.41, 5.74) is 6.66. The van der Waals surface area contributed by atoms with Crippen LogP contribution in [-0.4, -0.2) is 17.7 Å². The van der Waals surface area contributed by atoms with E-state index in [1.165, 1.54) is 6.07 Å². The molecule has 1 aliphatic heterocycles. The number of rotatable bonds is 1. The fourth-order valence-corrected chi connectivity index (χ4v) is 1.44. The van der Waals surface area contributed by atoms with Crippen LogP contribution < -0.4 is 10.5 Å². The minimum Gasteiger partial charge on any atom is -0.490 e. The van der Waals surface area contributed by atoms with E-state index >= 15 is 0 Å². The minimum absolute atomic E-state index is 0.186. The van der Waals surface area contributed by atoms with Crippen molar-refractivity contribution in [2.75, 3.05) is 6.61 Å². The Morgan fingerprint density at radius 1 is 1.62 bits per heavy atom. The Morgan fingerprint density at radius 3 is 3.08 bits per heavy atom. The zero-order chi connectivity index (χ0) is 9.42. The van der Waals surface area contributed by atoms with Crippen LogP contribution in [0.5, 0.6) is 5.75 Å². The molecule has 1 aromatic carbocycles. The highest BCUT2D eigenvalue weighted by Gasteiger charge is 2.25. The molecule has 1 atom stereocenters. The van der Waals surface area contributed by atoms with Gasteiger partial charge < -0.3 is 15.6 Å². The summed E-state index contributed by atoms with van der Waals surface area (Å²) in [6.45, 7) is 0.361. The summed E-state index contributed by atoms with van der Waals surface area (Å²) in [5, 5.41) is 8.81. The Kier molecular flexibility index (Phi) is 1.70. The first-order valence-corrected chi connectivity index (χ1v) is 3.94. The van der Waals surface area contributed by atoms with E-state index in [4.69, 9.17) is 15.6 Å². The number of ether oxygens (including phenoxy) is 1. The Balaban J connectivity index is 2.57. The van der Waals surface area contributed by atoms with Gasteiger partial charge in [-0.2, -0.15) is 0 Å². The molecule has 0 aromatic heterocycles. The second-order valence-corrected chi connectivity index (χ2v) is 2.95. The molecule has 3 N–H and O–H groups in total. The highest BCUT2D eigenvalue weighted by molar-refractivity contribution is 5.91. The molecular formula is C9H9NO3. The van der Waals surface area contributed by atoms with E-state index in [0.717, 1.165) is 5.56 Å². The minimum atomic E-state index is -0.981. The number of carboxylic acid groups (broad SMARTS) is 1. The van der Waals surface area contributed by atoms with Crippen molar-refractivity contribution in [2.45, 2.75) is 6.04 Å². The molecule has 1 aliphatic rings. The fourth-order valence-electron chi connectivity index (χ4n) is 1.44. The smallest absolute Gasteiger partial charge is 0.339 e. The number of carbonyl (C=O) groups is 1. The number of fused-ring (bicyclic) bond motifs is 1. The zero-order valence-electron chi connectivity index (χ0n) is 6.86. The van der Waals surface area contributed by atoms with E-state index in [9.17, 15) is 4.79 Å². The molecular weight excluding hydrogens is 170 g/mol. The molecule has 0 radical (unpaired) electrons. The second kappa shape index (κ2) is 2.74. The maximum absolute atomic E-state index is 10.7. The molecule has 0 fully saturated rings. The normalized spacial score (nSPS) is 19.3. The Morgan fingerprint density at radius 2 is 2.38 bits per heavy atom. The Labute approximate surface area is 74.9 Å². The van der Waals surface area contributed by atoms with Crippen molar-refractivity contribution in [1.82, 2.24) is 0 Å². The summed E-state index contributed by atoms with van der Waals surface area (Å²) in [5.74, 6) is -0.562. The van der Waals surface area contributed by atoms with Crippen molar-refractivity contribution in [2.24, 2.45) is 5.73 Å². The summed E-state index contributed by atoms with van der Waals surface area (Å²) in [6.07, 6.45) is 0. The van der Waals surface area contributed by atoms with Crippen LogP contribution >= 0.6 is 0 Å². The molecule has 4 nitrogen and oxygen atoms in total. The SMILES string of the molecule is N[C@@H]1COc2c(C(=O)O)cccc21. The van der Waals surface area contributed by atoms with Crippen LogP contribution in [0.3, 0.4) is 0 Å². The number of hydrogen-bond acceptors (Lipinski definition) is 3. The molecule has 13 heavy (non-hydrogen) atoms. The van der Waals surface area contributed by atoms with Gasteiger partial charge in [-0.05, 0) is 6.07 Å². The number of benzene rings is 1. The third-order valence-corrected chi connectivity index (χ3v) is 2.08. The van der Waals surface area contributed by atoms with Crippen LogP contribution in [0, 0.1) is 0 Å². The predicted octanol–water partition coefficient (Wildman–Crippen LogP) is 0.777. The lowest BCUT2D eigenvalue weighted by atomic mass is 10.1. The molecule has 4 heteroatoms. The first-order valence-electron chi connectivity index (χ1n) is 3.94. The number of aromatic carboxylic acids is 1. The van der Waals surface area contributed by atoms with Gasteiger partial charge in [0.25, 0.3) is 0 Å². The van der Waals surface area contributed by atoms with Gasteiger partial charge >= 0.3 is 5.97 Å². The van der Waals surface area contributed by atoms with Crippen molar-refractivity contribution in [3.8, 4) is 5.75 Å². The largest absolute Gasteiger partial charge is 0.490 e. The molecule has 1 aromatic rings. The van der Waals surface area contributed by atoms with Crippen molar-refractivity contribution in [3.63, 3.8) is 0 Å². The van der Waals surface area contributed by atoms with E-state index in [-0.39, 0.29) is 11.6 Å². The summed E-state index contributed by atoms with van der Waals surface area (Å²) < 4.78 is 5.20. The highest BCUT2D eigenvalue weighted by atomic mass is 16.5. The van der Waals surface area contributed by atoms with Crippen molar-refractivity contribution in [1.29, 1.82) is 0 Å². The number of carboxylic acids is 1. The van der Waals surface area contributed by atoms with Gasteiger partial charge in [0.05, 0.1) is 6.04 Å². The van der Waals surface area contributed by atoms with Gasteiger partial charge in [0.1, 0.15) is 17.9 Å². The van der Waals surface area contributed by atoms with Gasteiger partial charge in [0.15, 0.2) is 0 Å². The number of nitrogens with two attached hydrogens (primary N) is 1. The van der Waals surface area contributed by atoms with Crippen LogP contribution in [0.4, 0.5) is 0 Å². The van der Waals surface area contributed by atoms with Crippen LogP contribution in [-0.2, 0) is 0 Å². The monoisotopic (exact) mass is 179 g/mol. The van der Waals surface area contributed by atoms with Gasteiger partial charge in [0, 0.05) is 5.56 Å². The first kappa shape index (κ1) is 8.07. The Bertz CT molecular complexity index is 362. The summed E-state index contributed by atoms with van der Waals surface area (Å²) in [7, 11) is 0. The van der Waals surface area contributed by atoms with Crippen LogP contribution in [0.25, 0.3) is 0 Å². The zero-order valence-corrected chi connectivity index (χ0v) is 6.86. The van der Waals surface area contributed by atoms with Gasteiger partial charge in [-0.15, -0.1) is 0 Å². The lowest BCUT2D eigenvalue weighted by molar-refractivity contribution is 0.0693.